The topological polar surface area (TPSA) is 118 Å². The fourth-order valence-electron chi connectivity index (χ4n) is 3.50. The molecule has 4 rings (SSSR count). The summed E-state index contributed by atoms with van der Waals surface area (Å²) in [6.45, 7) is 4.85. The summed E-state index contributed by atoms with van der Waals surface area (Å²) in [5, 5.41) is 4.30. The number of piperidine rings is 1. The first-order chi connectivity index (χ1) is 14.9. The van der Waals surface area contributed by atoms with Crippen molar-refractivity contribution >= 4 is 22.7 Å². The molecular formula is C22H22N4O5. The Hall–Kier alpha value is -3.75. The van der Waals surface area contributed by atoms with Gasteiger partial charge in [-0.2, -0.15) is 4.98 Å². The number of nitrogens with zero attached hydrogens (tertiary/aromatic N) is 3. The van der Waals surface area contributed by atoms with Crippen molar-refractivity contribution < 1.29 is 14.0 Å². The van der Waals surface area contributed by atoms with E-state index in [0.717, 1.165) is 11.3 Å². The second kappa shape index (κ2) is 8.55. The van der Waals surface area contributed by atoms with Gasteiger partial charge in [0.05, 0.1) is 5.71 Å². The summed E-state index contributed by atoms with van der Waals surface area (Å²) in [4.78, 5) is 50.3. The van der Waals surface area contributed by atoms with Crippen LogP contribution in [0, 0.1) is 6.92 Å². The zero-order chi connectivity index (χ0) is 22.0. The van der Waals surface area contributed by atoms with Crippen LogP contribution in [0.4, 0.5) is 0 Å². The average molecular weight is 422 g/mol. The van der Waals surface area contributed by atoms with E-state index in [4.69, 9.17) is 9.25 Å². The Kier molecular flexibility index (Phi) is 5.66. The molecule has 1 aliphatic heterocycles. The molecule has 160 valence electrons. The highest BCUT2D eigenvalue weighted by Crippen LogP contribution is 2.16. The van der Waals surface area contributed by atoms with Crippen LogP contribution < -0.4 is 16.0 Å². The number of aromatic nitrogens is 2. The number of aromatic amines is 1. The van der Waals surface area contributed by atoms with Crippen LogP contribution in [0.25, 0.3) is 11.1 Å². The van der Waals surface area contributed by atoms with Crippen LogP contribution in [0.3, 0.4) is 0 Å². The summed E-state index contributed by atoms with van der Waals surface area (Å²) in [6, 6.07) is 8.62. The molecule has 9 nitrogen and oxygen atoms in total. The maximum absolute atomic E-state index is 12.6. The van der Waals surface area contributed by atoms with Gasteiger partial charge in [0.15, 0.2) is 0 Å². The highest BCUT2D eigenvalue weighted by atomic mass is 16.6. The molecule has 1 saturated heterocycles. The lowest BCUT2D eigenvalue weighted by molar-refractivity contribution is 0.0754. The summed E-state index contributed by atoms with van der Waals surface area (Å²) in [6.07, 6.45) is 1.59. The molecule has 1 aromatic carbocycles. The zero-order valence-corrected chi connectivity index (χ0v) is 17.3. The highest BCUT2D eigenvalue weighted by Gasteiger charge is 2.21. The SMILES string of the molecule is CCc1cc(=O)oc2nc(ON=C3CCN(C(=O)c4ccc(C)cc4)CC3)[nH]c(=O)c12. The van der Waals surface area contributed by atoms with E-state index in [-0.39, 0.29) is 23.0 Å². The Morgan fingerprint density at radius 3 is 2.61 bits per heavy atom. The largest absolute Gasteiger partial charge is 0.403 e. The number of fused-ring (bicyclic) bond motifs is 1. The molecule has 31 heavy (non-hydrogen) atoms. The third-order valence-electron chi connectivity index (χ3n) is 5.24. The second-order valence-electron chi connectivity index (χ2n) is 7.40. The van der Waals surface area contributed by atoms with Gasteiger partial charge in [0.2, 0.25) is 5.71 Å². The number of rotatable bonds is 4. The summed E-state index contributed by atoms with van der Waals surface area (Å²) >= 11 is 0. The van der Waals surface area contributed by atoms with Crippen molar-refractivity contribution in [1.29, 1.82) is 0 Å². The Bertz CT molecular complexity index is 1260. The number of aryl methyl sites for hydroxylation is 2. The van der Waals surface area contributed by atoms with Crippen LogP contribution in [0.1, 0.15) is 41.3 Å². The van der Waals surface area contributed by atoms with Gasteiger partial charge in [0, 0.05) is 37.6 Å². The Balaban J connectivity index is 1.45. The molecule has 3 heterocycles. The minimum absolute atomic E-state index is 0.0118. The van der Waals surface area contributed by atoms with Crippen LogP contribution >= 0.6 is 0 Å². The second-order valence-corrected chi connectivity index (χ2v) is 7.40. The van der Waals surface area contributed by atoms with Crippen LogP contribution in [-0.4, -0.2) is 39.6 Å². The van der Waals surface area contributed by atoms with E-state index in [2.05, 4.69) is 15.1 Å². The molecule has 1 amide bonds. The number of carbonyl (C=O) groups is 1. The molecule has 1 aliphatic rings. The highest BCUT2D eigenvalue weighted by molar-refractivity contribution is 5.96. The molecule has 0 radical (unpaired) electrons. The smallest absolute Gasteiger partial charge is 0.337 e. The third-order valence-corrected chi connectivity index (χ3v) is 5.24. The van der Waals surface area contributed by atoms with E-state index in [1.54, 1.807) is 4.90 Å². The van der Waals surface area contributed by atoms with Gasteiger partial charge in [0.1, 0.15) is 5.39 Å². The lowest BCUT2D eigenvalue weighted by atomic mass is 10.1. The maximum atomic E-state index is 12.6. The van der Waals surface area contributed by atoms with E-state index in [1.807, 2.05) is 38.1 Å². The molecule has 0 aliphatic carbocycles. The fraction of sp³-hybridized carbons (Fsp3) is 0.318. The van der Waals surface area contributed by atoms with E-state index in [0.29, 0.717) is 43.5 Å². The quantitative estimate of drug-likeness (QED) is 0.645. The number of likely N-dealkylation sites (tertiary alicyclic amines) is 1. The lowest BCUT2D eigenvalue weighted by Gasteiger charge is -2.27. The number of hydrogen-bond donors (Lipinski definition) is 1. The summed E-state index contributed by atoms with van der Waals surface area (Å²) in [5.74, 6) is -0.0118. The van der Waals surface area contributed by atoms with Crippen molar-refractivity contribution in [2.75, 3.05) is 13.1 Å². The first-order valence-corrected chi connectivity index (χ1v) is 10.1. The van der Waals surface area contributed by atoms with Crippen LogP contribution in [-0.2, 0) is 6.42 Å². The molecule has 1 N–H and O–H groups in total. The number of oxime groups is 1. The minimum Gasteiger partial charge on any atom is -0.403 e. The summed E-state index contributed by atoms with van der Waals surface area (Å²) in [7, 11) is 0. The summed E-state index contributed by atoms with van der Waals surface area (Å²) < 4.78 is 5.05. The van der Waals surface area contributed by atoms with Gasteiger partial charge >= 0.3 is 11.6 Å². The number of nitrogens with one attached hydrogen (secondary N) is 1. The maximum Gasteiger partial charge on any atom is 0.337 e. The molecule has 9 heteroatoms. The number of carbonyl (C=O) groups excluding carboxylic acids is 1. The van der Waals surface area contributed by atoms with E-state index >= 15 is 0 Å². The molecule has 0 atom stereocenters. The molecule has 2 aromatic heterocycles. The molecule has 3 aromatic rings. The average Bonchev–Trinajstić information content (AvgIpc) is 2.77. The van der Waals surface area contributed by atoms with Crippen molar-refractivity contribution in [3.63, 3.8) is 0 Å². The van der Waals surface area contributed by atoms with Gasteiger partial charge in [0.25, 0.3) is 11.5 Å². The normalized spacial score (nSPS) is 14.0. The number of benzene rings is 1. The number of hydrogen-bond acceptors (Lipinski definition) is 7. The first-order valence-electron chi connectivity index (χ1n) is 10.1. The molecule has 1 fully saturated rings. The predicted molar refractivity (Wildman–Crippen MR) is 115 cm³/mol. The minimum atomic E-state index is -0.578. The van der Waals surface area contributed by atoms with Crippen molar-refractivity contribution in [2.24, 2.45) is 5.16 Å². The Morgan fingerprint density at radius 1 is 1.23 bits per heavy atom. The molecular weight excluding hydrogens is 400 g/mol. The van der Waals surface area contributed by atoms with Crippen LogP contribution in [0.5, 0.6) is 6.01 Å². The van der Waals surface area contributed by atoms with Crippen molar-refractivity contribution in [2.45, 2.75) is 33.1 Å². The Labute approximate surface area is 177 Å². The fourth-order valence-corrected chi connectivity index (χ4v) is 3.50. The van der Waals surface area contributed by atoms with Gasteiger partial charge in [-0.3, -0.25) is 14.6 Å². The molecule has 0 spiro atoms. The Morgan fingerprint density at radius 2 is 1.94 bits per heavy atom. The van der Waals surface area contributed by atoms with Gasteiger partial charge < -0.3 is 14.2 Å². The van der Waals surface area contributed by atoms with Gasteiger partial charge in [-0.05, 0) is 31.0 Å². The van der Waals surface area contributed by atoms with E-state index in [9.17, 15) is 14.4 Å². The van der Waals surface area contributed by atoms with Crippen LogP contribution in [0.15, 0.2) is 49.5 Å². The van der Waals surface area contributed by atoms with Crippen LogP contribution in [0.2, 0.25) is 0 Å². The third kappa shape index (κ3) is 4.40. The lowest BCUT2D eigenvalue weighted by Crippen LogP contribution is -2.38. The molecule has 0 saturated carbocycles. The predicted octanol–water partition coefficient (Wildman–Crippen LogP) is 2.42. The molecule has 0 bridgehead atoms. The zero-order valence-electron chi connectivity index (χ0n) is 17.3. The number of H-pyrrole nitrogens is 1. The van der Waals surface area contributed by atoms with E-state index in [1.165, 1.54) is 6.07 Å². The first kappa shape index (κ1) is 20.5. The van der Waals surface area contributed by atoms with Gasteiger partial charge in [-0.25, -0.2) is 4.79 Å². The monoisotopic (exact) mass is 422 g/mol. The van der Waals surface area contributed by atoms with Crippen molar-refractivity contribution in [3.05, 3.63) is 67.8 Å². The summed E-state index contributed by atoms with van der Waals surface area (Å²) in [5.41, 5.74) is 1.95. The number of amides is 1. The van der Waals surface area contributed by atoms with Gasteiger partial charge in [-0.1, -0.05) is 29.8 Å². The standard InChI is InChI=1S/C22H22N4O5/c1-3-14-12-17(27)30-20-18(14)19(28)23-22(24-20)31-25-16-8-10-26(11-9-16)21(29)15-6-4-13(2)5-7-15/h4-7,12H,3,8-11H2,1-2H3,(H,23,24,28). The van der Waals surface area contributed by atoms with Crippen molar-refractivity contribution in [3.8, 4) is 6.01 Å². The van der Waals surface area contributed by atoms with E-state index < -0.39 is 11.2 Å². The van der Waals surface area contributed by atoms with Gasteiger partial charge in [-0.15, -0.1) is 0 Å². The van der Waals surface area contributed by atoms with Crippen molar-refractivity contribution in [1.82, 2.24) is 14.9 Å². The molecule has 0 unspecified atom stereocenters.